The second kappa shape index (κ2) is 7.70. The van der Waals surface area contributed by atoms with Gasteiger partial charge in [0, 0.05) is 31.1 Å². The van der Waals surface area contributed by atoms with Gasteiger partial charge in [-0.1, -0.05) is 12.1 Å². The number of amides is 2. The quantitative estimate of drug-likeness (QED) is 0.380. The molecule has 10 heteroatoms. The van der Waals surface area contributed by atoms with Crippen molar-refractivity contribution in [3.05, 3.63) is 42.4 Å². The molecule has 3 aromatic rings. The second-order valence-electron chi connectivity index (χ2n) is 5.62. The minimum atomic E-state index is -1.27. The lowest BCUT2D eigenvalue weighted by Crippen LogP contribution is -2.27. The van der Waals surface area contributed by atoms with Crippen LogP contribution in [0.25, 0.3) is 16.6 Å². The van der Waals surface area contributed by atoms with Crippen LogP contribution in [0.4, 0.5) is 16.3 Å². The van der Waals surface area contributed by atoms with E-state index in [9.17, 15) is 9.59 Å². The fourth-order valence-electron chi connectivity index (χ4n) is 2.68. The number of nitrogen functional groups attached to an aromatic ring is 1. The highest BCUT2D eigenvalue weighted by Crippen LogP contribution is 2.33. The number of nitrogens with zero attached hydrogens (tertiary/aromatic N) is 3. The molecular weight excluding hydrogens is 352 g/mol. The first-order valence-electron chi connectivity index (χ1n) is 8.00. The molecule has 10 nitrogen and oxygen atoms in total. The van der Waals surface area contributed by atoms with Crippen LogP contribution in [-0.4, -0.2) is 52.0 Å². The van der Waals surface area contributed by atoms with Crippen LogP contribution in [0.15, 0.2) is 36.8 Å². The van der Waals surface area contributed by atoms with Crippen LogP contribution < -0.4 is 16.4 Å². The lowest BCUT2D eigenvalue weighted by atomic mass is 10.0. The number of benzene rings is 1. The third kappa shape index (κ3) is 3.80. The van der Waals surface area contributed by atoms with Gasteiger partial charge in [-0.05, 0) is 17.7 Å². The number of anilines is 2. The van der Waals surface area contributed by atoms with E-state index in [1.165, 1.54) is 24.1 Å². The number of hydrogen-bond acceptors (Lipinski definition) is 6. The Morgan fingerprint density at radius 2 is 2.04 bits per heavy atom. The van der Waals surface area contributed by atoms with Gasteiger partial charge in [0.25, 0.3) is 5.91 Å². The molecule has 3 rings (SSSR count). The monoisotopic (exact) mass is 370 g/mol. The number of carboxylic acid groups (broad SMARTS) is 1. The summed E-state index contributed by atoms with van der Waals surface area (Å²) < 4.78 is 6.36. The predicted molar refractivity (Wildman–Crippen MR) is 98.7 cm³/mol. The van der Waals surface area contributed by atoms with Crippen LogP contribution in [-0.2, 0) is 4.74 Å². The third-order valence-corrected chi connectivity index (χ3v) is 3.83. The molecule has 0 aliphatic heterocycles. The lowest BCUT2D eigenvalue weighted by Gasteiger charge is -2.08. The first-order chi connectivity index (χ1) is 13.0. The van der Waals surface area contributed by atoms with Crippen LogP contribution in [0.2, 0.25) is 0 Å². The van der Waals surface area contributed by atoms with Gasteiger partial charge in [0.2, 0.25) is 0 Å². The normalized spacial score (nSPS) is 10.7. The van der Waals surface area contributed by atoms with E-state index in [4.69, 9.17) is 15.6 Å². The molecule has 0 unspecified atom stereocenters. The lowest BCUT2D eigenvalue weighted by molar-refractivity contribution is 0.0937. The number of fused-ring (bicyclic) bond motifs is 1. The van der Waals surface area contributed by atoms with Crippen molar-refractivity contribution in [1.82, 2.24) is 19.9 Å². The van der Waals surface area contributed by atoms with Crippen LogP contribution >= 0.6 is 0 Å². The number of carbonyl (C=O) groups excluding carboxylic acids is 1. The highest BCUT2D eigenvalue weighted by atomic mass is 16.5. The maximum absolute atomic E-state index is 12.7. The van der Waals surface area contributed by atoms with Gasteiger partial charge in [0.1, 0.15) is 11.8 Å². The maximum atomic E-state index is 12.7. The van der Waals surface area contributed by atoms with Gasteiger partial charge in [-0.15, -0.1) is 0 Å². The van der Waals surface area contributed by atoms with Crippen LogP contribution in [0.5, 0.6) is 0 Å². The minimum absolute atomic E-state index is 0.0697. The molecule has 0 saturated heterocycles. The van der Waals surface area contributed by atoms with E-state index in [1.54, 1.807) is 24.3 Å². The summed E-state index contributed by atoms with van der Waals surface area (Å²) in [7, 11) is 1.54. The van der Waals surface area contributed by atoms with Gasteiger partial charge in [-0.2, -0.15) is 5.10 Å². The van der Waals surface area contributed by atoms with Crippen molar-refractivity contribution in [3.63, 3.8) is 0 Å². The summed E-state index contributed by atoms with van der Waals surface area (Å²) in [5, 5.41) is 18.2. The van der Waals surface area contributed by atoms with Crippen LogP contribution in [0.3, 0.4) is 0 Å². The Morgan fingerprint density at radius 3 is 2.70 bits per heavy atom. The number of methoxy groups -OCH3 is 1. The molecule has 2 amide bonds. The number of carbonyl (C=O) groups is 2. The maximum Gasteiger partial charge on any atom is 0.410 e. The van der Waals surface area contributed by atoms with Crippen molar-refractivity contribution in [2.75, 3.05) is 31.3 Å². The predicted octanol–water partition coefficient (Wildman–Crippen LogP) is 1.44. The number of aromatic nitrogens is 3. The molecule has 0 fully saturated rings. The fourth-order valence-corrected chi connectivity index (χ4v) is 2.68. The summed E-state index contributed by atoms with van der Waals surface area (Å²) in [6, 6.07) is 6.88. The number of nitrogens with two attached hydrogens (primary N) is 1. The minimum Gasteiger partial charge on any atom is -0.465 e. The molecule has 0 atom stereocenters. The van der Waals surface area contributed by atoms with E-state index in [-0.39, 0.29) is 11.7 Å². The van der Waals surface area contributed by atoms with Crippen molar-refractivity contribution in [3.8, 4) is 11.1 Å². The molecule has 0 saturated carbocycles. The topological polar surface area (TPSA) is 144 Å². The number of hydrogen-bond donors (Lipinski definition) is 4. The molecule has 0 aliphatic carbocycles. The van der Waals surface area contributed by atoms with Gasteiger partial charge in [0.15, 0.2) is 5.82 Å². The number of nitrogens with one attached hydrogen (secondary N) is 2. The van der Waals surface area contributed by atoms with Gasteiger partial charge in [0.05, 0.1) is 12.2 Å². The Bertz CT molecular complexity index is 983. The molecule has 0 bridgehead atoms. The average molecular weight is 370 g/mol. The zero-order valence-electron chi connectivity index (χ0n) is 14.5. The molecule has 5 N–H and O–H groups in total. The molecule has 2 heterocycles. The smallest absolute Gasteiger partial charge is 0.410 e. The third-order valence-electron chi connectivity index (χ3n) is 3.83. The van der Waals surface area contributed by atoms with E-state index < -0.39 is 6.09 Å². The number of ether oxygens (including phenoxy) is 1. The second-order valence-corrected chi connectivity index (χ2v) is 5.62. The highest BCUT2D eigenvalue weighted by molar-refractivity contribution is 6.08. The van der Waals surface area contributed by atoms with Gasteiger partial charge in [-0.3, -0.25) is 10.1 Å². The summed E-state index contributed by atoms with van der Waals surface area (Å²) >= 11 is 0. The van der Waals surface area contributed by atoms with Gasteiger partial charge < -0.3 is 20.9 Å². The summed E-state index contributed by atoms with van der Waals surface area (Å²) in [4.78, 5) is 27.8. The van der Waals surface area contributed by atoms with Crippen LogP contribution in [0.1, 0.15) is 10.4 Å². The van der Waals surface area contributed by atoms with E-state index in [2.05, 4.69) is 20.7 Å². The first kappa shape index (κ1) is 18.1. The molecular formula is C17H18N6O4. The Morgan fingerprint density at radius 1 is 1.30 bits per heavy atom. The molecule has 2 aromatic heterocycles. The average Bonchev–Trinajstić information content (AvgIpc) is 3.03. The summed E-state index contributed by atoms with van der Waals surface area (Å²) in [6.45, 7) is 0.691. The zero-order valence-corrected chi connectivity index (χ0v) is 14.5. The van der Waals surface area contributed by atoms with E-state index in [0.29, 0.717) is 41.0 Å². The van der Waals surface area contributed by atoms with E-state index >= 15 is 0 Å². The SMILES string of the molecule is COCCNC(=O)c1cn2ncnc(NC(=O)O)c2c1-c1ccc(N)cc1. The molecule has 0 aliphatic rings. The van der Waals surface area contributed by atoms with E-state index in [1.807, 2.05) is 0 Å². The van der Waals surface area contributed by atoms with Gasteiger partial charge >= 0.3 is 6.09 Å². The van der Waals surface area contributed by atoms with Crippen molar-refractivity contribution >= 4 is 29.0 Å². The Labute approximate surface area is 154 Å². The molecule has 0 radical (unpaired) electrons. The molecule has 27 heavy (non-hydrogen) atoms. The fraction of sp³-hybridized carbons (Fsp3) is 0.176. The summed E-state index contributed by atoms with van der Waals surface area (Å²) in [5.41, 5.74) is 8.17. The molecule has 140 valence electrons. The standard InChI is InChI=1S/C17H18N6O4/c1-27-7-6-19-16(24)12-8-23-14(15(20-9-21-23)22-17(25)26)13(12)10-2-4-11(18)5-3-10/h2-5,8-9H,6-7,18H2,1H3,(H,19,24)(H,25,26)(H,20,21,22). The zero-order chi connectivity index (χ0) is 19.4. The molecule has 1 aromatic carbocycles. The van der Waals surface area contributed by atoms with Crippen molar-refractivity contribution < 1.29 is 19.4 Å². The van der Waals surface area contributed by atoms with E-state index in [0.717, 1.165) is 0 Å². The Balaban J connectivity index is 2.19. The molecule has 0 spiro atoms. The van der Waals surface area contributed by atoms with Crippen molar-refractivity contribution in [2.24, 2.45) is 0 Å². The Hall–Kier alpha value is -3.66. The Kier molecular flexibility index (Phi) is 5.18. The van der Waals surface area contributed by atoms with Crippen LogP contribution in [0, 0.1) is 0 Å². The largest absolute Gasteiger partial charge is 0.465 e. The van der Waals surface area contributed by atoms with Crippen molar-refractivity contribution in [1.29, 1.82) is 0 Å². The van der Waals surface area contributed by atoms with Crippen molar-refractivity contribution in [2.45, 2.75) is 0 Å². The number of rotatable bonds is 6. The van der Waals surface area contributed by atoms with Gasteiger partial charge in [-0.25, -0.2) is 14.3 Å². The summed E-state index contributed by atoms with van der Waals surface area (Å²) in [5.74, 6) is -0.272. The first-order valence-corrected chi connectivity index (χ1v) is 8.00. The summed E-state index contributed by atoms with van der Waals surface area (Å²) in [6.07, 6.45) is 1.46. The highest BCUT2D eigenvalue weighted by Gasteiger charge is 2.22.